The molecule has 0 aliphatic carbocycles. The molecule has 1 heterocycles. The molecule has 1 atom stereocenters. The first kappa shape index (κ1) is 24.6. The number of rotatable bonds is 5. The monoisotopic (exact) mass is 491 g/mol. The molecule has 13 heteroatoms. The SMILES string of the molecule is CC(C)(OC(=O)Nc1ccc2c(c1)N(S(=O)(=O)c1ccc(F)cc1)CC(CN)O2)C(F)(F)F. The van der Waals surface area contributed by atoms with Gasteiger partial charge in [-0.15, -0.1) is 0 Å². The molecule has 8 nitrogen and oxygen atoms in total. The number of nitrogens with one attached hydrogen (secondary N) is 1. The number of sulfonamides is 1. The lowest BCUT2D eigenvalue weighted by Gasteiger charge is -2.35. The molecule has 2 aromatic rings. The topological polar surface area (TPSA) is 111 Å². The number of benzene rings is 2. The lowest BCUT2D eigenvalue weighted by molar-refractivity contribution is -0.242. The second-order valence-corrected chi connectivity index (χ2v) is 9.53. The minimum absolute atomic E-state index is 0.00622. The van der Waals surface area contributed by atoms with Crippen molar-refractivity contribution in [3.63, 3.8) is 0 Å². The van der Waals surface area contributed by atoms with Gasteiger partial charge in [0.2, 0.25) is 5.60 Å². The molecule has 0 saturated carbocycles. The van der Waals surface area contributed by atoms with Gasteiger partial charge in [0.05, 0.1) is 17.1 Å². The Morgan fingerprint density at radius 1 is 1.21 bits per heavy atom. The highest BCUT2D eigenvalue weighted by Crippen LogP contribution is 2.39. The van der Waals surface area contributed by atoms with E-state index in [1.807, 2.05) is 0 Å². The molecule has 0 bridgehead atoms. The Hall–Kier alpha value is -3.06. The van der Waals surface area contributed by atoms with Gasteiger partial charge >= 0.3 is 12.3 Å². The number of carbonyl (C=O) groups is 1. The molecule has 1 aliphatic rings. The zero-order valence-corrected chi connectivity index (χ0v) is 18.3. The van der Waals surface area contributed by atoms with E-state index in [-0.39, 0.29) is 35.1 Å². The molecule has 3 rings (SSSR count). The highest BCUT2D eigenvalue weighted by atomic mass is 32.2. The summed E-state index contributed by atoms with van der Waals surface area (Å²) in [7, 11) is -4.19. The van der Waals surface area contributed by atoms with E-state index in [9.17, 15) is 30.8 Å². The zero-order valence-electron chi connectivity index (χ0n) is 17.5. The summed E-state index contributed by atoms with van der Waals surface area (Å²) in [5, 5.41) is 2.15. The van der Waals surface area contributed by atoms with Crippen LogP contribution in [0.4, 0.5) is 33.7 Å². The van der Waals surface area contributed by atoms with Crippen LogP contribution in [-0.4, -0.2) is 45.5 Å². The van der Waals surface area contributed by atoms with Crippen molar-refractivity contribution in [2.24, 2.45) is 5.73 Å². The predicted octanol–water partition coefficient (Wildman–Crippen LogP) is 3.63. The lowest BCUT2D eigenvalue weighted by Crippen LogP contribution is -2.46. The summed E-state index contributed by atoms with van der Waals surface area (Å²) >= 11 is 0. The van der Waals surface area contributed by atoms with Gasteiger partial charge in [-0.25, -0.2) is 17.6 Å². The van der Waals surface area contributed by atoms with Crippen molar-refractivity contribution in [3.05, 3.63) is 48.3 Å². The van der Waals surface area contributed by atoms with Crippen LogP contribution in [0.15, 0.2) is 47.4 Å². The smallest absolute Gasteiger partial charge is 0.427 e. The summed E-state index contributed by atoms with van der Waals surface area (Å²) < 4.78 is 89.7. The minimum atomic E-state index is -4.80. The van der Waals surface area contributed by atoms with Crippen molar-refractivity contribution in [1.29, 1.82) is 0 Å². The summed E-state index contributed by atoms with van der Waals surface area (Å²) in [6.07, 6.45) is -6.88. The van der Waals surface area contributed by atoms with Gasteiger partial charge in [0.1, 0.15) is 17.7 Å². The molecule has 33 heavy (non-hydrogen) atoms. The van der Waals surface area contributed by atoms with Crippen molar-refractivity contribution >= 4 is 27.5 Å². The maximum atomic E-state index is 13.3. The Balaban J connectivity index is 1.93. The second-order valence-electron chi connectivity index (χ2n) is 7.67. The maximum absolute atomic E-state index is 13.3. The largest absolute Gasteiger partial charge is 0.485 e. The third-order valence-corrected chi connectivity index (χ3v) is 6.63. The molecule has 0 fully saturated rings. The Kier molecular flexibility index (Phi) is 6.48. The number of ether oxygens (including phenoxy) is 2. The lowest BCUT2D eigenvalue weighted by atomic mass is 10.1. The van der Waals surface area contributed by atoms with Crippen molar-refractivity contribution < 1.29 is 40.2 Å². The minimum Gasteiger partial charge on any atom is -0.485 e. The quantitative estimate of drug-likeness (QED) is 0.618. The number of hydrogen-bond acceptors (Lipinski definition) is 6. The van der Waals surface area contributed by atoms with Gasteiger partial charge in [0, 0.05) is 12.2 Å². The first-order valence-electron chi connectivity index (χ1n) is 9.60. The predicted molar refractivity (Wildman–Crippen MR) is 111 cm³/mol. The van der Waals surface area contributed by atoms with E-state index < -0.39 is 39.8 Å². The van der Waals surface area contributed by atoms with Crippen LogP contribution in [0.3, 0.4) is 0 Å². The number of alkyl halides is 3. The van der Waals surface area contributed by atoms with Crippen LogP contribution in [0.25, 0.3) is 0 Å². The number of carbonyl (C=O) groups excluding carboxylic acids is 1. The summed E-state index contributed by atoms with van der Waals surface area (Å²) in [5.41, 5.74) is 2.88. The molecule has 2 aromatic carbocycles. The number of hydrogen-bond donors (Lipinski definition) is 2. The van der Waals surface area contributed by atoms with E-state index in [1.54, 1.807) is 0 Å². The molecular weight excluding hydrogens is 470 g/mol. The fraction of sp³-hybridized carbons (Fsp3) is 0.350. The molecule has 180 valence electrons. The van der Waals surface area contributed by atoms with E-state index in [2.05, 4.69) is 10.1 Å². The second kappa shape index (κ2) is 8.71. The Labute approximate surface area is 187 Å². The fourth-order valence-electron chi connectivity index (χ4n) is 2.91. The van der Waals surface area contributed by atoms with E-state index in [0.29, 0.717) is 13.8 Å². The molecule has 0 aromatic heterocycles. The van der Waals surface area contributed by atoms with Crippen LogP contribution in [0, 0.1) is 5.82 Å². The van der Waals surface area contributed by atoms with Gasteiger partial charge in [0.25, 0.3) is 10.0 Å². The van der Waals surface area contributed by atoms with Crippen molar-refractivity contribution in [2.75, 3.05) is 22.7 Å². The standard InChI is InChI=1S/C20H21F4N3O5S/c1-19(2,20(22,23)24)32-18(28)26-13-5-8-17-16(9-13)27(11-14(10-25)31-17)33(29,30)15-6-3-12(21)4-7-15/h3-9,14H,10-11,25H2,1-2H3,(H,26,28). The van der Waals surface area contributed by atoms with Crippen molar-refractivity contribution in [3.8, 4) is 5.75 Å². The summed E-state index contributed by atoms with van der Waals surface area (Å²) in [4.78, 5) is 11.8. The van der Waals surface area contributed by atoms with Gasteiger partial charge in [-0.1, -0.05) is 0 Å². The molecule has 0 radical (unpaired) electrons. The van der Waals surface area contributed by atoms with Crippen LogP contribution in [0.5, 0.6) is 5.75 Å². The van der Waals surface area contributed by atoms with Gasteiger partial charge in [-0.05, 0) is 56.3 Å². The van der Waals surface area contributed by atoms with Gasteiger partial charge in [-0.2, -0.15) is 13.2 Å². The van der Waals surface area contributed by atoms with Crippen LogP contribution in [-0.2, 0) is 14.8 Å². The van der Waals surface area contributed by atoms with Gasteiger partial charge < -0.3 is 15.2 Å². The van der Waals surface area contributed by atoms with Gasteiger partial charge in [0.15, 0.2) is 0 Å². The number of amides is 1. The Morgan fingerprint density at radius 2 is 1.85 bits per heavy atom. The average molecular weight is 491 g/mol. The highest BCUT2D eigenvalue weighted by Gasteiger charge is 2.51. The Bertz CT molecular complexity index is 1140. The van der Waals surface area contributed by atoms with Crippen LogP contribution in [0.2, 0.25) is 0 Å². The summed E-state index contributed by atoms with van der Waals surface area (Å²) in [6.45, 7) is 1.19. The Morgan fingerprint density at radius 3 is 2.42 bits per heavy atom. The number of halogens is 4. The van der Waals surface area contributed by atoms with Crippen LogP contribution < -0.4 is 20.1 Å². The summed E-state index contributed by atoms with van der Waals surface area (Å²) in [5.74, 6) is -0.500. The first-order valence-corrected chi connectivity index (χ1v) is 11.0. The number of nitrogens with two attached hydrogens (primary N) is 1. The third kappa shape index (κ3) is 5.14. The number of anilines is 2. The first-order chi connectivity index (χ1) is 15.2. The maximum Gasteiger partial charge on any atom is 0.427 e. The van der Waals surface area contributed by atoms with E-state index in [4.69, 9.17) is 10.5 Å². The number of fused-ring (bicyclic) bond motifs is 1. The van der Waals surface area contributed by atoms with E-state index >= 15 is 0 Å². The molecule has 0 spiro atoms. The zero-order chi connectivity index (χ0) is 24.6. The summed E-state index contributed by atoms with van der Waals surface area (Å²) in [6, 6.07) is 8.03. The molecule has 0 saturated heterocycles. The molecular formula is C20H21F4N3O5S. The molecule has 1 unspecified atom stereocenters. The fourth-order valence-corrected chi connectivity index (χ4v) is 4.41. The third-order valence-electron chi connectivity index (χ3n) is 4.83. The van der Waals surface area contributed by atoms with Crippen molar-refractivity contribution in [2.45, 2.75) is 36.6 Å². The average Bonchev–Trinajstić information content (AvgIpc) is 2.72. The molecule has 1 amide bonds. The van der Waals surface area contributed by atoms with Crippen LogP contribution in [0.1, 0.15) is 13.8 Å². The normalized spacial score (nSPS) is 16.6. The highest BCUT2D eigenvalue weighted by molar-refractivity contribution is 7.92. The van der Waals surface area contributed by atoms with Gasteiger partial charge in [-0.3, -0.25) is 9.62 Å². The molecule has 1 aliphatic heterocycles. The van der Waals surface area contributed by atoms with E-state index in [1.165, 1.54) is 18.2 Å². The van der Waals surface area contributed by atoms with E-state index in [0.717, 1.165) is 28.6 Å². The van der Waals surface area contributed by atoms with Crippen LogP contribution >= 0.6 is 0 Å². The number of nitrogens with zero attached hydrogens (tertiary/aromatic N) is 1. The molecule has 3 N–H and O–H groups in total. The van der Waals surface area contributed by atoms with Crippen molar-refractivity contribution in [1.82, 2.24) is 0 Å².